The van der Waals surface area contributed by atoms with Crippen molar-refractivity contribution in [2.45, 2.75) is 31.5 Å². The Morgan fingerprint density at radius 3 is 2.57 bits per heavy atom. The van der Waals surface area contributed by atoms with Crippen LogP contribution in [-0.4, -0.2) is 46.3 Å². The van der Waals surface area contributed by atoms with Crippen molar-refractivity contribution in [1.82, 2.24) is 14.6 Å². The van der Waals surface area contributed by atoms with Gasteiger partial charge in [-0.2, -0.15) is 4.37 Å². The molecule has 5 N–H and O–H groups in total. The van der Waals surface area contributed by atoms with Crippen molar-refractivity contribution in [1.29, 1.82) is 0 Å². The number of ether oxygens (including phenoxy) is 1. The maximum atomic E-state index is 13.9. The van der Waals surface area contributed by atoms with Crippen LogP contribution in [0.15, 0.2) is 48.5 Å². The number of amides is 3. The summed E-state index contributed by atoms with van der Waals surface area (Å²) in [7, 11) is 0. The van der Waals surface area contributed by atoms with E-state index in [0.717, 1.165) is 12.8 Å². The van der Waals surface area contributed by atoms with Gasteiger partial charge in [0.15, 0.2) is 5.69 Å². The van der Waals surface area contributed by atoms with Crippen LogP contribution in [0.2, 0.25) is 5.02 Å². The molecule has 0 unspecified atom stereocenters. The molecule has 37 heavy (non-hydrogen) atoms. The fraction of sp³-hybridized carbons (Fsp3) is 0.280. The number of nitrogens with two attached hydrogens (primary N) is 2. The van der Waals surface area contributed by atoms with Gasteiger partial charge >= 0.3 is 0 Å². The zero-order valence-corrected chi connectivity index (χ0v) is 21.2. The van der Waals surface area contributed by atoms with E-state index >= 15 is 0 Å². The highest BCUT2D eigenvalue weighted by Gasteiger charge is 2.35. The third-order valence-electron chi connectivity index (χ3n) is 5.99. The topological polar surface area (TPSA) is 141 Å². The zero-order valence-electron chi connectivity index (χ0n) is 19.7. The van der Waals surface area contributed by atoms with Gasteiger partial charge in [-0.1, -0.05) is 41.9 Å². The SMILES string of the molecule is NC(=O)c1nsc(C(=O)N(Cc2ccccc2Cl)[C@@H](C(=O)NC[C@@H]2CCCO2)c2ccc(F)cc2)c1N. The fourth-order valence-corrected chi connectivity index (χ4v) is 5.04. The minimum absolute atomic E-state index is 0.0557. The molecule has 3 amide bonds. The molecule has 12 heteroatoms. The highest BCUT2D eigenvalue weighted by molar-refractivity contribution is 7.09. The Kier molecular flexibility index (Phi) is 8.37. The number of nitrogens with one attached hydrogen (secondary N) is 1. The van der Waals surface area contributed by atoms with Gasteiger partial charge in [-0.15, -0.1) is 0 Å². The van der Waals surface area contributed by atoms with Crippen molar-refractivity contribution in [2.75, 3.05) is 18.9 Å². The number of hydrogen-bond donors (Lipinski definition) is 3. The molecule has 2 aromatic carbocycles. The van der Waals surface area contributed by atoms with Crippen molar-refractivity contribution >= 4 is 46.5 Å². The van der Waals surface area contributed by atoms with Crippen LogP contribution in [-0.2, 0) is 16.1 Å². The van der Waals surface area contributed by atoms with Gasteiger partial charge in [0.1, 0.15) is 16.7 Å². The standard InChI is InChI=1S/C25H25ClFN5O4S/c26-18-6-2-1-4-15(18)13-32(25(35)22-19(28)20(23(29)33)31-37-22)21(14-7-9-16(27)10-8-14)24(34)30-12-17-5-3-11-36-17/h1-2,4,6-10,17,21H,3,5,11-13,28H2,(H2,29,33)(H,30,34)/t17-,21+/m0/s1. The average molecular weight is 546 g/mol. The van der Waals surface area contributed by atoms with E-state index in [4.69, 9.17) is 27.8 Å². The number of aromatic nitrogens is 1. The number of nitrogen functional groups attached to an aromatic ring is 1. The summed E-state index contributed by atoms with van der Waals surface area (Å²) in [5, 5.41) is 3.24. The third-order valence-corrected chi connectivity index (χ3v) is 7.21. The van der Waals surface area contributed by atoms with Gasteiger partial charge in [0, 0.05) is 24.7 Å². The number of hydrogen-bond acceptors (Lipinski definition) is 7. The lowest BCUT2D eigenvalue weighted by Crippen LogP contribution is -2.45. The summed E-state index contributed by atoms with van der Waals surface area (Å²) in [6.07, 6.45) is 1.56. The number of nitrogens with zero attached hydrogens (tertiary/aromatic N) is 2. The summed E-state index contributed by atoms with van der Waals surface area (Å²) in [6.45, 7) is 0.780. The predicted octanol–water partition coefficient (Wildman–Crippen LogP) is 3.30. The Morgan fingerprint density at radius 2 is 1.95 bits per heavy atom. The maximum absolute atomic E-state index is 13.9. The zero-order chi connectivity index (χ0) is 26.5. The molecular weight excluding hydrogens is 521 g/mol. The highest BCUT2D eigenvalue weighted by Crippen LogP contribution is 2.31. The minimum Gasteiger partial charge on any atom is -0.395 e. The molecule has 3 aromatic rings. The van der Waals surface area contributed by atoms with Gasteiger partial charge < -0.3 is 26.4 Å². The van der Waals surface area contributed by atoms with E-state index in [-0.39, 0.29) is 35.5 Å². The van der Waals surface area contributed by atoms with E-state index in [9.17, 15) is 18.8 Å². The summed E-state index contributed by atoms with van der Waals surface area (Å²) in [5.41, 5.74) is 11.9. The summed E-state index contributed by atoms with van der Waals surface area (Å²) in [4.78, 5) is 40.5. The summed E-state index contributed by atoms with van der Waals surface area (Å²) in [5.74, 6) is -2.54. The smallest absolute Gasteiger partial charge is 0.270 e. The number of rotatable bonds is 9. The molecule has 1 aliphatic heterocycles. The molecule has 4 rings (SSSR count). The summed E-state index contributed by atoms with van der Waals surface area (Å²) in [6, 6.07) is 11.0. The first-order valence-electron chi connectivity index (χ1n) is 11.5. The summed E-state index contributed by atoms with van der Waals surface area (Å²) >= 11 is 7.10. The van der Waals surface area contributed by atoms with Crippen molar-refractivity contribution in [2.24, 2.45) is 5.73 Å². The molecule has 194 valence electrons. The van der Waals surface area contributed by atoms with Gasteiger partial charge in [0.05, 0.1) is 11.8 Å². The molecule has 0 bridgehead atoms. The number of carbonyl (C=O) groups is 3. The van der Waals surface area contributed by atoms with Crippen molar-refractivity contribution in [3.8, 4) is 0 Å². The molecule has 0 radical (unpaired) electrons. The molecule has 0 saturated carbocycles. The Hall–Kier alpha value is -3.54. The highest BCUT2D eigenvalue weighted by atomic mass is 35.5. The molecule has 1 saturated heterocycles. The Bertz CT molecular complexity index is 1300. The Balaban J connectivity index is 1.77. The number of benzene rings is 2. The van der Waals surface area contributed by atoms with Gasteiger partial charge in [-0.25, -0.2) is 4.39 Å². The fourth-order valence-electron chi connectivity index (χ4n) is 4.08. The monoisotopic (exact) mass is 545 g/mol. The number of carbonyl (C=O) groups excluding carboxylic acids is 3. The van der Waals surface area contributed by atoms with E-state index in [1.54, 1.807) is 24.3 Å². The van der Waals surface area contributed by atoms with E-state index < -0.39 is 29.6 Å². The van der Waals surface area contributed by atoms with Crippen LogP contribution in [0.1, 0.15) is 50.2 Å². The molecule has 9 nitrogen and oxygen atoms in total. The summed E-state index contributed by atoms with van der Waals surface area (Å²) < 4.78 is 23.3. The van der Waals surface area contributed by atoms with Crippen LogP contribution in [0.3, 0.4) is 0 Å². The largest absolute Gasteiger partial charge is 0.395 e. The van der Waals surface area contributed by atoms with Crippen LogP contribution in [0, 0.1) is 5.82 Å². The van der Waals surface area contributed by atoms with Gasteiger partial charge in [0.25, 0.3) is 11.8 Å². The van der Waals surface area contributed by atoms with E-state index in [2.05, 4.69) is 9.69 Å². The van der Waals surface area contributed by atoms with Gasteiger partial charge in [-0.3, -0.25) is 14.4 Å². The first kappa shape index (κ1) is 26.5. The first-order chi connectivity index (χ1) is 17.8. The second-order valence-electron chi connectivity index (χ2n) is 8.50. The van der Waals surface area contributed by atoms with Crippen LogP contribution in [0.25, 0.3) is 0 Å². The number of anilines is 1. The number of halogens is 2. The minimum atomic E-state index is -1.19. The van der Waals surface area contributed by atoms with E-state index in [0.29, 0.717) is 34.3 Å². The van der Waals surface area contributed by atoms with Crippen molar-refractivity contribution in [3.63, 3.8) is 0 Å². The molecule has 1 aliphatic rings. The number of primary amides is 1. The normalized spacial score (nSPS) is 15.8. The molecule has 2 heterocycles. The molecule has 2 atom stereocenters. The lowest BCUT2D eigenvalue weighted by Gasteiger charge is -2.32. The Morgan fingerprint density at radius 1 is 1.22 bits per heavy atom. The van der Waals surface area contributed by atoms with Crippen molar-refractivity contribution < 1.29 is 23.5 Å². The van der Waals surface area contributed by atoms with Crippen LogP contribution < -0.4 is 16.8 Å². The average Bonchev–Trinajstić information content (AvgIpc) is 3.54. The molecular formula is C25H25ClFN5O4S. The van der Waals surface area contributed by atoms with E-state index in [1.807, 2.05) is 0 Å². The molecule has 0 spiro atoms. The van der Waals surface area contributed by atoms with Crippen molar-refractivity contribution in [3.05, 3.63) is 81.1 Å². The maximum Gasteiger partial charge on any atom is 0.270 e. The van der Waals surface area contributed by atoms with Crippen LogP contribution >= 0.6 is 23.1 Å². The predicted molar refractivity (Wildman–Crippen MR) is 137 cm³/mol. The third kappa shape index (κ3) is 6.07. The Labute approximate surface area is 221 Å². The van der Waals surface area contributed by atoms with Gasteiger partial charge in [0.2, 0.25) is 5.91 Å². The molecule has 0 aliphatic carbocycles. The first-order valence-corrected chi connectivity index (χ1v) is 12.7. The van der Waals surface area contributed by atoms with Crippen LogP contribution in [0.4, 0.5) is 10.1 Å². The second kappa shape index (κ2) is 11.7. The van der Waals surface area contributed by atoms with Gasteiger partial charge in [-0.05, 0) is 53.7 Å². The second-order valence-corrected chi connectivity index (χ2v) is 9.68. The lowest BCUT2D eigenvalue weighted by atomic mass is 10.0. The quantitative estimate of drug-likeness (QED) is 0.377. The molecule has 1 aromatic heterocycles. The van der Waals surface area contributed by atoms with Crippen LogP contribution in [0.5, 0.6) is 0 Å². The lowest BCUT2D eigenvalue weighted by molar-refractivity contribution is -0.126. The van der Waals surface area contributed by atoms with E-state index in [1.165, 1.54) is 29.2 Å². The molecule has 1 fully saturated rings.